The van der Waals surface area contributed by atoms with Gasteiger partial charge in [-0.25, -0.2) is 8.78 Å². The number of hydrogen-bond donors (Lipinski definition) is 0. The van der Waals surface area contributed by atoms with Gasteiger partial charge >= 0.3 is 0 Å². The van der Waals surface area contributed by atoms with E-state index in [0.717, 1.165) is 22.2 Å². The Kier molecular flexibility index (Phi) is 3.94. The average Bonchev–Trinajstić information content (AvgIpc) is 3.26. The van der Waals surface area contributed by atoms with Crippen molar-refractivity contribution < 1.29 is 8.78 Å². The molecule has 0 spiro atoms. The van der Waals surface area contributed by atoms with Crippen LogP contribution in [-0.2, 0) is 26.7 Å². The Morgan fingerprint density at radius 2 is 1.89 bits per heavy atom. The molecule has 5 rings (SSSR count). The highest BCUT2D eigenvalue weighted by Gasteiger charge is 2.22. The van der Waals surface area contributed by atoms with Gasteiger partial charge in [0.25, 0.3) is 0 Å². The first-order chi connectivity index (χ1) is 13.6. The van der Waals surface area contributed by atoms with Crippen LogP contribution in [0.15, 0.2) is 54.9 Å². The van der Waals surface area contributed by atoms with Crippen LogP contribution < -0.4 is 0 Å². The van der Waals surface area contributed by atoms with Crippen LogP contribution in [0.3, 0.4) is 0 Å². The summed E-state index contributed by atoms with van der Waals surface area (Å²) >= 11 is 0. The molecule has 28 heavy (non-hydrogen) atoms. The van der Waals surface area contributed by atoms with Gasteiger partial charge in [-0.1, -0.05) is 18.2 Å². The summed E-state index contributed by atoms with van der Waals surface area (Å²) in [5.41, 5.74) is 4.16. The number of benzene rings is 2. The second-order valence-corrected chi connectivity index (χ2v) is 7.22. The Labute approximate surface area is 161 Å². The van der Waals surface area contributed by atoms with Crippen molar-refractivity contribution >= 4 is 10.9 Å². The van der Waals surface area contributed by atoms with Crippen molar-refractivity contribution in [2.24, 2.45) is 7.05 Å². The van der Waals surface area contributed by atoms with Crippen LogP contribution in [-0.4, -0.2) is 19.7 Å². The van der Waals surface area contributed by atoms with Gasteiger partial charge in [0.1, 0.15) is 11.6 Å². The Morgan fingerprint density at radius 3 is 2.75 bits per heavy atom. The van der Waals surface area contributed by atoms with E-state index in [1.807, 2.05) is 37.5 Å². The summed E-state index contributed by atoms with van der Waals surface area (Å²) in [6.07, 6.45) is 3.58. The van der Waals surface area contributed by atoms with E-state index >= 15 is 0 Å². The molecule has 6 heteroatoms. The molecule has 0 N–H and O–H groups in total. The molecule has 4 nitrogen and oxygen atoms in total. The molecule has 0 aliphatic carbocycles. The Hall–Kier alpha value is -3.12. The number of pyridine rings is 1. The molecule has 4 aromatic rings. The molecule has 1 aliphatic rings. The summed E-state index contributed by atoms with van der Waals surface area (Å²) in [6.45, 7) is 1.69. The zero-order valence-corrected chi connectivity index (χ0v) is 15.4. The lowest BCUT2D eigenvalue weighted by Gasteiger charge is -2.16. The van der Waals surface area contributed by atoms with Crippen molar-refractivity contribution in [2.45, 2.75) is 19.6 Å². The number of nitrogens with zero attached hydrogens (tertiary/aromatic N) is 4. The molecule has 3 heterocycles. The van der Waals surface area contributed by atoms with Gasteiger partial charge in [-0.15, -0.1) is 0 Å². The highest BCUT2D eigenvalue weighted by atomic mass is 19.1. The zero-order valence-electron chi connectivity index (χ0n) is 15.4. The van der Waals surface area contributed by atoms with Crippen LogP contribution in [0.1, 0.15) is 16.8 Å². The van der Waals surface area contributed by atoms with Crippen LogP contribution in [0.2, 0.25) is 0 Å². The zero-order chi connectivity index (χ0) is 19.3. The molecule has 0 amide bonds. The molecule has 0 bridgehead atoms. The predicted octanol–water partition coefficient (Wildman–Crippen LogP) is 4.43. The number of fused-ring (bicyclic) bond motifs is 2. The fraction of sp³-hybridized carbons (Fsp3) is 0.182. The molecule has 0 unspecified atom stereocenters. The fourth-order valence-corrected chi connectivity index (χ4v) is 3.93. The fourth-order valence-electron chi connectivity index (χ4n) is 3.93. The summed E-state index contributed by atoms with van der Waals surface area (Å²) < 4.78 is 31.5. The van der Waals surface area contributed by atoms with Crippen molar-refractivity contribution in [3.8, 4) is 11.1 Å². The summed E-state index contributed by atoms with van der Waals surface area (Å²) in [5, 5.41) is 5.15. The molecular weight excluding hydrogens is 358 g/mol. The lowest BCUT2D eigenvalue weighted by Crippen LogP contribution is -2.17. The second kappa shape index (κ2) is 6.49. The standard InChI is InChI=1S/C22H18F2N4/c1-27-12-18-16(5-2-6-21(18)26-27)17-9-19(23)15(8-20(17)24)11-28-10-14-4-3-7-25-22(14)13-28/h2-9,12H,10-11,13H2,1H3. The molecule has 2 aromatic carbocycles. The molecular formula is C22H18F2N4. The van der Waals surface area contributed by atoms with Crippen LogP contribution in [0, 0.1) is 11.6 Å². The summed E-state index contributed by atoms with van der Waals surface area (Å²) in [5.74, 6) is -0.830. The van der Waals surface area contributed by atoms with E-state index in [4.69, 9.17) is 0 Å². The summed E-state index contributed by atoms with van der Waals surface area (Å²) in [4.78, 5) is 6.42. The van der Waals surface area contributed by atoms with E-state index in [2.05, 4.69) is 15.0 Å². The van der Waals surface area contributed by atoms with Gasteiger partial charge in [-0.2, -0.15) is 5.10 Å². The third kappa shape index (κ3) is 2.86. The molecule has 0 radical (unpaired) electrons. The van der Waals surface area contributed by atoms with E-state index < -0.39 is 11.6 Å². The molecule has 0 fully saturated rings. The first-order valence-corrected chi connectivity index (χ1v) is 9.14. The molecule has 140 valence electrons. The lowest BCUT2D eigenvalue weighted by molar-refractivity contribution is 0.269. The van der Waals surface area contributed by atoms with Crippen LogP contribution in [0.25, 0.3) is 22.0 Å². The summed E-state index contributed by atoms with van der Waals surface area (Å²) in [7, 11) is 1.81. The number of aromatic nitrogens is 3. The highest BCUT2D eigenvalue weighted by molar-refractivity contribution is 5.94. The smallest absolute Gasteiger partial charge is 0.131 e. The Balaban J connectivity index is 1.48. The van der Waals surface area contributed by atoms with Gasteiger partial charge in [0, 0.05) is 55.6 Å². The van der Waals surface area contributed by atoms with Crippen molar-refractivity contribution in [2.75, 3.05) is 0 Å². The number of halogens is 2. The van der Waals surface area contributed by atoms with Crippen molar-refractivity contribution in [1.29, 1.82) is 0 Å². The van der Waals surface area contributed by atoms with Gasteiger partial charge < -0.3 is 0 Å². The quantitative estimate of drug-likeness (QED) is 0.530. The largest absolute Gasteiger partial charge is 0.289 e. The Bertz CT molecular complexity index is 1170. The highest BCUT2D eigenvalue weighted by Crippen LogP contribution is 2.32. The SMILES string of the molecule is Cn1cc2c(-c3cc(F)c(CN4Cc5cccnc5C4)cc3F)cccc2n1. The first-order valence-electron chi connectivity index (χ1n) is 9.14. The van der Waals surface area contributed by atoms with Crippen LogP contribution in [0.4, 0.5) is 8.78 Å². The number of aryl methyl sites for hydroxylation is 1. The maximum absolute atomic E-state index is 15.0. The van der Waals surface area contributed by atoms with Crippen molar-refractivity contribution in [3.05, 3.63) is 83.3 Å². The molecule has 1 aliphatic heterocycles. The van der Waals surface area contributed by atoms with E-state index in [1.165, 1.54) is 12.1 Å². The van der Waals surface area contributed by atoms with Gasteiger partial charge in [0.2, 0.25) is 0 Å². The van der Waals surface area contributed by atoms with Gasteiger partial charge in [-0.3, -0.25) is 14.6 Å². The molecule has 2 aromatic heterocycles. The monoisotopic (exact) mass is 376 g/mol. The van der Waals surface area contributed by atoms with Gasteiger partial charge in [-0.05, 0) is 35.4 Å². The molecule has 0 saturated heterocycles. The number of hydrogen-bond acceptors (Lipinski definition) is 3. The van der Waals surface area contributed by atoms with E-state index in [-0.39, 0.29) is 5.56 Å². The Morgan fingerprint density at radius 1 is 1.00 bits per heavy atom. The van der Waals surface area contributed by atoms with E-state index in [9.17, 15) is 8.78 Å². The number of rotatable bonds is 3. The third-order valence-electron chi connectivity index (χ3n) is 5.24. The molecule has 0 saturated carbocycles. The van der Waals surface area contributed by atoms with Crippen molar-refractivity contribution in [3.63, 3.8) is 0 Å². The van der Waals surface area contributed by atoms with Crippen LogP contribution in [0.5, 0.6) is 0 Å². The van der Waals surface area contributed by atoms with Gasteiger partial charge in [0.15, 0.2) is 0 Å². The lowest BCUT2D eigenvalue weighted by atomic mass is 9.99. The van der Waals surface area contributed by atoms with Crippen molar-refractivity contribution in [1.82, 2.24) is 19.7 Å². The first kappa shape index (κ1) is 17.0. The minimum atomic E-state index is -0.428. The molecule has 0 atom stereocenters. The van der Waals surface area contributed by atoms with E-state index in [1.54, 1.807) is 16.9 Å². The minimum absolute atomic E-state index is 0.256. The topological polar surface area (TPSA) is 34.0 Å². The minimum Gasteiger partial charge on any atom is -0.289 e. The van der Waals surface area contributed by atoms with E-state index in [0.29, 0.717) is 30.8 Å². The average molecular weight is 376 g/mol. The maximum Gasteiger partial charge on any atom is 0.131 e. The van der Waals surface area contributed by atoms with Gasteiger partial charge in [0.05, 0.1) is 11.2 Å². The third-order valence-corrected chi connectivity index (χ3v) is 5.24. The summed E-state index contributed by atoms with van der Waals surface area (Å²) in [6, 6.07) is 12.0. The maximum atomic E-state index is 15.0. The predicted molar refractivity (Wildman–Crippen MR) is 103 cm³/mol. The second-order valence-electron chi connectivity index (χ2n) is 7.22. The van der Waals surface area contributed by atoms with Crippen LogP contribution >= 0.6 is 0 Å². The normalized spacial score (nSPS) is 14.0.